The Balaban J connectivity index is 1.78. The second-order valence-electron chi connectivity index (χ2n) is 9.09. The molecule has 31 heavy (non-hydrogen) atoms. The van der Waals surface area contributed by atoms with Crippen LogP contribution in [0.4, 0.5) is 0 Å². The van der Waals surface area contributed by atoms with Gasteiger partial charge in [0.25, 0.3) is 0 Å². The van der Waals surface area contributed by atoms with E-state index in [1.807, 2.05) is 0 Å². The molecule has 0 aromatic heterocycles. The van der Waals surface area contributed by atoms with Crippen molar-refractivity contribution in [3.05, 3.63) is 12.2 Å². The van der Waals surface area contributed by atoms with Crippen molar-refractivity contribution in [2.75, 3.05) is 19.8 Å². The van der Waals surface area contributed by atoms with Crippen LogP contribution in [0.5, 0.6) is 0 Å². The molecule has 1 aliphatic heterocycles. The lowest BCUT2D eigenvalue weighted by Crippen LogP contribution is -2.41. The molecule has 1 heterocycles. The first kappa shape index (κ1) is 28.6. The Morgan fingerprint density at radius 1 is 0.839 bits per heavy atom. The van der Waals surface area contributed by atoms with E-state index in [-0.39, 0.29) is 6.61 Å². The van der Waals surface area contributed by atoms with Gasteiger partial charge in [0.2, 0.25) is 0 Å². The molecule has 1 aliphatic rings. The second kappa shape index (κ2) is 20.2. The molecular formula is C26H50O5. The van der Waals surface area contributed by atoms with Crippen LogP contribution in [0.15, 0.2) is 12.2 Å². The maximum absolute atomic E-state index is 10.1. The molecule has 1 saturated heterocycles. The van der Waals surface area contributed by atoms with Gasteiger partial charge in [-0.1, -0.05) is 96.1 Å². The first-order valence-electron chi connectivity index (χ1n) is 13.1. The first-order valence-corrected chi connectivity index (χ1v) is 13.1. The summed E-state index contributed by atoms with van der Waals surface area (Å²) in [4.78, 5) is 0. The predicted octanol–water partition coefficient (Wildman–Crippen LogP) is 5.30. The summed E-state index contributed by atoms with van der Waals surface area (Å²) < 4.78 is 11.0. The molecular weight excluding hydrogens is 392 g/mol. The summed E-state index contributed by atoms with van der Waals surface area (Å²) in [5, 5.41) is 28.6. The van der Waals surface area contributed by atoms with E-state index < -0.39 is 31.0 Å². The van der Waals surface area contributed by atoms with E-state index in [0.29, 0.717) is 6.61 Å². The molecule has 3 N–H and O–H groups in total. The molecule has 0 aromatic carbocycles. The number of aliphatic hydroxyl groups is 3. The van der Waals surface area contributed by atoms with Gasteiger partial charge in [0.1, 0.15) is 24.4 Å². The lowest BCUT2D eigenvalue weighted by Gasteiger charge is -2.20. The Labute approximate surface area is 191 Å². The van der Waals surface area contributed by atoms with E-state index in [1.165, 1.54) is 89.9 Å². The Hall–Kier alpha value is -0.460. The average molecular weight is 443 g/mol. The van der Waals surface area contributed by atoms with Crippen molar-refractivity contribution in [1.82, 2.24) is 0 Å². The largest absolute Gasteiger partial charge is 0.394 e. The van der Waals surface area contributed by atoms with Crippen LogP contribution >= 0.6 is 0 Å². The third kappa shape index (κ3) is 14.3. The zero-order valence-corrected chi connectivity index (χ0v) is 20.1. The third-order valence-corrected chi connectivity index (χ3v) is 6.22. The molecule has 0 aromatic rings. The van der Waals surface area contributed by atoms with Gasteiger partial charge in [0.05, 0.1) is 13.2 Å². The lowest BCUT2D eigenvalue weighted by molar-refractivity contribution is -0.0730. The number of unbranched alkanes of at least 4 members (excludes halogenated alkanes) is 14. The minimum atomic E-state index is -1.05. The van der Waals surface area contributed by atoms with E-state index in [1.54, 1.807) is 0 Å². The van der Waals surface area contributed by atoms with Crippen LogP contribution in [0, 0.1) is 0 Å². The number of hydrogen-bond acceptors (Lipinski definition) is 5. The summed E-state index contributed by atoms with van der Waals surface area (Å²) in [5.41, 5.74) is 0. The fourth-order valence-electron chi connectivity index (χ4n) is 4.13. The maximum Gasteiger partial charge on any atom is 0.114 e. The molecule has 5 heteroatoms. The van der Waals surface area contributed by atoms with E-state index >= 15 is 0 Å². The molecule has 5 nitrogen and oxygen atoms in total. The number of aliphatic hydroxyl groups excluding tert-OH is 3. The number of hydrogen-bond donors (Lipinski definition) is 3. The molecule has 0 amide bonds. The van der Waals surface area contributed by atoms with Gasteiger partial charge in [-0.3, -0.25) is 0 Å². The van der Waals surface area contributed by atoms with E-state index in [2.05, 4.69) is 19.1 Å². The van der Waals surface area contributed by atoms with Crippen LogP contribution in [0.3, 0.4) is 0 Å². The SMILES string of the molecule is CCCC/C=C/CCCCCCCCCCCCCCO[C@@H]1CO[C@@H]([C@@H](O)CO)[C@H]1O. The van der Waals surface area contributed by atoms with Gasteiger partial charge < -0.3 is 24.8 Å². The number of rotatable bonds is 21. The summed E-state index contributed by atoms with van der Waals surface area (Å²) in [7, 11) is 0. The van der Waals surface area contributed by atoms with Gasteiger partial charge in [0, 0.05) is 6.61 Å². The highest BCUT2D eigenvalue weighted by molar-refractivity contribution is 4.88. The Morgan fingerprint density at radius 2 is 1.35 bits per heavy atom. The summed E-state index contributed by atoms with van der Waals surface area (Å²) >= 11 is 0. The van der Waals surface area contributed by atoms with Gasteiger partial charge in [-0.25, -0.2) is 0 Å². The minimum absolute atomic E-state index is 0.277. The standard InChI is InChI=1S/C26H50O5/c1-2-3-4-5-6-7-8-9-10-11-12-13-14-15-16-17-18-19-20-30-24-22-31-26(25(24)29)23(28)21-27/h5-6,23-29H,2-4,7-22H2,1H3/b6-5+/t23-,24+,25-,26-/m0/s1. The molecule has 184 valence electrons. The first-order chi connectivity index (χ1) is 15.2. The molecule has 4 atom stereocenters. The van der Waals surface area contributed by atoms with Gasteiger partial charge in [-0.15, -0.1) is 0 Å². The van der Waals surface area contributed by atoms with Gasteiger partial charge >= 0.3 is 0 Å². The zero-order chi connectivity index (χ0) is 22.6. The van der Waals surface area contributed by atoms with Crippen molar-refractivity contribution in [3.63, 3.8) is 0 Å². The van der Waals surface area contributed by atoms with Crippen LogP contribution in [0.1, 0.15) is 110 Å². The van der Waals surface area contributed by atoms with Crippen molar-refractivity contribution in [2.45, 2.75) is 134 Å². The zero-order valence-electron chi connectivity index (χ0n) is 20.1. The van der Waals surface area contributed by atoms with Crippen molar-refractivity contribution >= 4 is 0 Å². The van der Waals surface area contributed by atoms with Crippen LogP contribution in [0.2, 0.25) is 0 Å². The average Bonchev–Trinajstić information content (AvgIpc) is 3.15. The smallest absolute Gasteiger partial charge is 0.114 e. The topological polar surface area (TPSA) is 79.2 Å². The van der Waals surface area contributed by atoms with Crippen LogP contribution in [0.25, 0.3) is 0 Å². The van der Waals surface area contributed by atoms with Gasteiger partial charge in [-0.05, 0) is 25.7 Å². The highest BCUT2D eigenvalue weighted by atomic mass is 16.6. The number of ether oxygens (including phenoxy) is 2. The Bertz CT molecular complexity index is 415. The summed E-state index contributed by atoms with van der Waals surface area (Å²) in [6.45, 7) is 2.72. The Kier molecular flexibility index (Phi) is 18.6. The number of allylic oxidation sites excluding steroid dienone is 2. The molecule has 0 radical (unpaired) electrons. The van der Waals surface area contributed by atoms with Crippen molar-refractivity contribution in [3.8, 4) is 0 Å². The van der Waals surface area contributed by atoms with Gasteiger partial charge in [-0.2, -0.15) is 0 Å². The normalized spacial score (nSPS) is 22.5. The molecule has 0 saturated carbocycles. The molecule has 0 aliphatic carbocycles. The summed E-state index contributed by atoms with van der Waals surface area (Å²) in [5.74, 6) is 0. The molecule has 0 spiro atoms. The monoisotopic (exact) mass is 442 g/mol. The van der Waals surface area contributed by atoms with Crippen molar-refractivity contribution in [1.29, 1.82) is 0 Å². The highest BCUT2D eigenvalue weighted by Crippen LogP contribution is 2.20. The van der Waals surface area contributed by atoms with Crippen molar-refractivity contribution < 1.29 is 24.8 Å². The third-order valence-electron chi connectivity index (χ3n) is 6.22. The maximum atomic E-state index is 10.1. The summed E-state index contributed by atoms with van der Waals surface area (Å²) in [6, 6.07) is 0. The quantitative estimate of drug-likeness (QED) is 0.166. The minimum Gasteiger partial charge on any atom is -0.394 e. The second-order valence-corrected chi connectivity index (χ2v) is 9.09. The molecule has 0 unspecified atom stereocenters. The van der Waals surface area contributed by atoms with E-state index in [4.69, 9.17) is 14.6 Å². The highest BCUT2D eigenvalue weighted by Gasteiger charge is 2.40. The fourth-order valence-corrected chi connectivity index (χ4v) is 4.13. The van der Waals surface area contributed by atoms with Crippen LogP contribution in [-0.4, -0.2) is 59.6 Å². The fraction of sp³-hybridized carbons (Fsp3) is 0.923. The molecule has 1 fully saturated rings. The van der Waals surface area contributed by atoms with Crippen LogP contribution in [-0.2, 0) is 9.47 Å². The predicted molar refractivity (Wildman–Crippen MR) is 127 cm³/mol. The molecule has 0 bridgehead atoms. The van der Waals surface area contributed by atoms with Gasteiger partial charge in [0.15, 0.2) is 0 Å². The Morgan fingerprint density at radius 3 is 1.90 bits per heavy atom. The molecule has 1 rings (SSSR count). The van der Waals surface area contributed by atoms with Crippen molar-refractivity contribution in [2.24, 2.45) is 0 Å². The van der Waals surface area contributed by atoms with E-state index in [0.717, 1.165) is 12.8 Å². The van der Waals surface area contributed by atoms with E-state index in [9.17, 15) is 10.2 Å². The summed E-state index contributed by atoms with van der Waals surface area (Å²) in [6.07, 6.45) is 22.5. The van der Waals surface area contributed by atoms with Crippen LogP contribution < -0.4 is 0 Å². The lowest BCUT2D eigenvalue weighted by atomic mass is 10.0.